The van der Waals surface area contributed by atoms with E-state index in [-0.39, 0.29) is 52.7 Å². The van der Waals surface area contributed by atoms with Crippen LogP contribution < -0.4 is 0 Å². The van der Waals surface area contributed by atoms with E-state index in [0.29, 0.717) is 33.2 Å². The third kappa shape index (κ3) is 5.79. The summed E-state index contributed by atoms with van der Waals surface area (Å²) < 4.78 is 86.0. The van der Waals surface area contributed by atoms with Crippen LogP contribution in [0.15, 0.2) is 83.9 Å². The molecule has 0 saturated carbocycles. The Bertz CT molecular complexity index is 2010. The summed E-state index contributed by atoms with van der Waals surface area (Å²) in [6.45, 7) is 3.31. The molecule has 0 atom stereocenters. The van der Waals surface area contributed by atoms with Crippen molar-refractivity contribution in [2.45, 2.75) is 39.0 Å². The summed E-state index contributed by atoms with van der Waals surface area (Å²) in [5.74, 6) is -0.682. The van der Waals surface area contributed by atoms with E-state index in [1.54, 1.807) is 67.9 Å². The number of ketones is 2. The van der Waals surface area contributed by atoms with Gasteiger partial charge in [0.05, 0.1) is 17.0 Å². The molecule has 4 nitrogen and oxygen atoms in total. The first-order chi connectivity index (χ1) is 21.7. The van der Waals surface area contributed by atoms with Crippen LogP contribution in [0, 0.1) is 0 Å². The fourth-order valence-corrected chi connectivity index (χ4v) is 5.94. The molecule has 238 valence electrons. The van der Waals surface area contributed by atoms with Gasteiger partial charge in [0.15, 0.2) is 11.6 Å². The molecule has 0 bridgehead atoms. The molecule has 0 amide bonds. The summed E-state index contributed by atoms with van der Waals surface area (Å²) >= 11 is 0. The van der Waals surface area contributed by atoms with Crippen molar-refractivity contribution in [1.82, 2.24) is 9.13 Å². The van der Waals surface area contributed by atoms with Gasteiger partial charge in [0.25, 0.3) is 0 Å². The Morgan fingerprint density at radius 1 is 0.630 bits per heavy atom. The standard InChI is InChI=1S/C36H30F6N2O2/c1-5-30(45)27(31(46)6-2)19-25-24-18-22(16-17-29(24)44(4)33(25)21-12-8-7-9-13-21)34-26(20-32(35(37,38)39)36(40,41)42)23-14-10-11-15-28(23)43(34)3/h7-20H,5-6H2,1-4H3. The van der Waals surface area contributed by atoms with Gasteiger partial charge >= 0.3 is 12.4 Å². The van der Waals surface area contributed by atoms with Crippen molar-refractivity contribution in [3.05, 3.63) is 95.1 Å². The SMILES string of the molecule is CCC(=O)C(=Cc1c(-c2ccccc2)n(C)c2ccc(-c3c(C=C(C(F)(F)F)C(F)(F)F)c4ccccc4n3C)cc12)C(=O)CC. The molecule has 10 heteroatoms. The largest absolute Gasteiger partial charge is 0.421 e. The van der Waals surface area contributed by atoms with Crippen LogP contribution in [-0.4, -0.2) is 33.1 Å². The van der Waals surface area contributed by atoms with Gasteiger partial charge in [0, 0.05) is 59.9 Å². The molecule has 46 heavy (non-hydrogen) atoms. The maximum Gasteiger partial charge on any atom is 0.421 e. The highest BCUT2D eigenvalue weighted by Crippen LogP contribution is 2.44. The molecule has 0 aliphatic heterocycles. The van der Waals surface area contributed by atoms with Crippen molar-refractivity contribution in [2.75, 3.05) is 0 Å². The molecule has 2 heterocycles. The highest BCUT2D eigenvalue weighted by atomic mass is 19.4. The molecular weight excluding hydrogens is 606 g/mol. The van der Waals surface area contributed by atoms with E-state index in [4.69, 9.17) is 0 Å². The maximum absolute atomic E-state index is 13.8. The molecular formula is C36H30F6N2O2. The van der Waals surface area contributed by atoms with Gasteiger partial charge in [-0.1, -0.05) is 68.4 Å². The fraction of sp³-hybridized carbons (Fsp3) is 0.222. The Hall–Kier alpha value is -4.86. The number of carbonyl (C=O) groups is 2. The van der Waals surface area contributed by atoms with E-state index in [0.717, 1.165) is 5.56 Å². The fourth-order valence-electron chi connectivity index (χ4n) is 5.94. The van der Waals surface area contributed by atoms with Crippen LogP contribution in [0.2, 0.25) is 0 Å². The van der Waals surface area contributed by atoms with Gasteiger partial charge < -0.3 is 9.13 Å². The van der Waals surface area contributed by atoms with Gasteiger partial charge in [-0.05, 0) is 41.5 Å². The number of hydrogen-bond donors (Lipinski definition) is 0. The molecule has 5 rings (SSSR count). The Kier molecular flexibility index (Phi) is 8.59. The lowest BCUT2D eigenvalue weighted by atomic mass is 9.95. The monoisotopic (exact) mass is 636 g/mol. The summed E-state index contributed by atoms with van der Waals surface area (Å²) in [4.78, 5) is 25.9. The molecule has 0 N–H and O–H groups in total. The Morgan fingerprint density at radius 2 is 1.13 bits per heavy atom. The lowest BCUT2D eigenvalue weighted by molar-refractivity contribution is -0.170. The predicted molar refractivity (Wildman–Crippen MR) is 169 cm³/mol. The lowest BCUT2D eigenvalue weighted by Crippen LogP contribution is -2.25. The molecule has 0 fully saturated rings. The highest BCUT2D eigenvalue weighted by Gasteiger charge is 2.51. The molecule has 2 aromatic heterocycles. The quantitative estimate of drug-likeness (QED) is 0.0737. The average molecular weight is 637 g/mol. The third-order valence-electron chi connectivity index (χ3n) is 8.14. The Morgan fingerprint density at radius 3 is 1.70 bits per heavy atom. The van der Waals surface area contributed by atoms with Gasteiger partial charge in [-0.2, -0.15) is 26.3 Å². The van der Waals surface area contributed by atoms with Crippen molar-refractivity contribution in [2.24, 2.45) is 14.1 Å². The van der Waals surface area contributed by atoms with Crippen molar-refractivity contribution in [3.8, 4) is 22.5 Å². The summed E-state index contributed by atoms with van der Waals surface area (Å²) in [6, 6.07) is 20.6. The number of alkyl halides is 6. The number of para-hydroxylation sites is 1. The summed E-state index contributed by atoms with van der Waals surface area (Å²) in [5, 5.41) is 0.782. The van der Waals surface area contributed by atoms with E-state index in [1.165, 1.54) is 6.07 Å². The normalized spacial score (nSPS) is 12.0. The maximum atomic E-state index is 13.8. The van der Waals surface area contributed by atoms with Gasteiger partial charge in [-0.15, -0.1) is 0 Å². The molecule has 0 spiro atoms. The first kappa shape index (κ1) is 32.5. The van der Waals surface area contributed by atoms with Crippen molar-refractivity contribution in [1.29, 1.82) is 0 Å². The molecule has 0 aliphatic carbocycles. The number of aromatic nitrogens is 2. The number of Topliss-reactive ketones (excluding diaryl/α,β-unsaturated/α-hetero) is 2. The van der Waals surface area contributed by atoms with E-state index in [9.17, 15) is 35.9 Å². The molecule has 0 saturated heterocycles. The predicted octanol–water partition coefficient (Wildman–Crippen LogP) is 9.85. The molecule has 5 aromatic rings. The summed E-state index contributed by atoms with van der Waals surface area (Å²) in [6.07, 6.45) is -9.37. The van der Waals surface area contributed by atoms with Gasteiger partial charge in [0.1, 0.15) is 5.57 Å². The van der Waals surface area contributed by atoms with Crippen LogP contribution in [0.4, 0.5) is 26.3 Å². The minimum atomic E-state index is -5.65. The van der Waals surface area contributed by atoms with Crippen LogP contribution in [-0.2, 0) is 23.7 Å². The third-order valence-corrected chi connectivity index (χ3v) is 8.14. The minimum Gasteiger partial charge on any atom is -0.343 e. The number of nitrogens with zero attached hydrogens (tertiary/aromatic N) is 2. The topological polar surface area (TPSA) is 44.0 Å². The second-order valence-corrected chi connectivity index (χ2v) is 10.9. The minimum absolute atomic E-state index is 0.0216. The molecule has 0 unspecified atom stereocenters. The number of aryl methyl sites for hydroxylation is 2. The number of carbonyl (C=O) groups excluding carboxylic acids is 2. The van der Waals surface area contributed by atoms with Crippen molar-refractivity contribution < 1.29 is 35.9 Å². The van der Waals surface area contributed by atoms with Crippen LogP contribution >= 0.6 is 0 Å². The number of benzene rings is 3. The van der Waals surface area contributed by atoms with Crippen LogP contribution in [0.25, 0.3) is 56.5 Å². The molecule has 3 aromatic carbocycles. The van der Waals surface area contributed by atoms with Crippen molar-refractivity contribution in [3.63, 3.8) is 0 Å². The zero-order valence-corrected chi connectivity index (χ0v) is 25.5. The van der Waals surface area contributed by atoms with E-state index in [1.807, 2.05) is 41.9 Å². The lowest BCUT2D eigenvalue weighted by Gasteiger charge is -2.15. The van der Waals surface area contributed by atoms with Crippen molar-refractivity contribution >= 4 is 45.5 Å². The molecule has 0 aliphatic rings. The highest BCUT2D eigenvalue weighted by molar-refractivity contribution is 6.24. The summed E-state index contributed by atoms with van der Waals surface area (Å²) in [7, 11) is 3.40. The Labute approximate surface area is 261 Å². The first-order valence-corrected chi connectivity index (χ1v) is 14.6. The van der Waals surface area contributed by atoms with E-state index >= 15 is 0 Å². The van der Waals surface area contributed by atoms with Crippen LogP contribution in [0.5, 0.6) is 0 Å². The number of hydrogen-bond acceptors (Lipinski definition) is 2. The first-order valence-electron chi connectivity index (χ1n) is 14.6. The number of halogens is 6. The summed E-state index contributed by atoms with van der Waals surface area (Å²) in [5.41, 5.74) is 0.796. The van der Waals surface area contributed by atoms with E-state index < -0.39 is 17.9 Å². The van der Waals surface area contributed by atoms with Gasteiger partial charge in [-0.3, -0.25) is 9.59 Å². The van der Waals surface area contributed by atoms with Crippen LogP contribution in [0.1, 0.15) is 37.8 Å². The zero-order chi connectivity index (χ0) is 33.6. The smallest absolute Gasteiger partial charge is 0.343 e. The Balaban J connectivity index is 1.90. The second kappa shape index (κ2) is 12.2. The number of fused-ring (bicyclic) bond motifs is 2. The van der Waals surface area contributed by atoms with E-state index in [2.05, 4.69) is 0 Å². The molecule has 0 radical (unpaired) electrons. The number of rotatable bonds is 8. The van der Waals surface area contributed by atoms with Gasteiger partial charge in [0.2, 0.25) is 0 Å². The number of allylic oxidation sites excluding steroid dienone is 2. The van der Waals surface area contributed by atoms with Gasteiger partial charge in [-0.25, -0.2) is 0 Å². The zero-order valence-electron chi connectivity index (χ0n) is 25.5. The second-order valence-electron chi connectivity index (χ2n) is 10.9. The van der Waals surface area contributed by atoms with Crippen LogP contribution in [0.3, 0.4) is 0 Å². The average Bonchev–Trinajstić information content (AvgIpc) is 3.46.